The molecule has 1 aromatic rings. The lowest BCUT2D eigenvalue weighted by atomic mass is 10.1. The first-order valence-corrected chi connectivity index (χ1v) is 5.04. The van der Waals surface area contributed by atoms with Crippen LogP contribution in [0, 0.1) is 0 Å². The molecule has 6 heteroatoms. The van der Waals surface area contributed by atoms with Gasteiger partial charge < -0.3 is 21.3 Å². The maximum absolute atomic E-state index is 11.1. The maximum Gasteiger partial charge on any atom is 0.250 e. The number of carbonyl (C=O) groups is 1. The van der Waals surface area contributed by atoms with Crippen LogP contribution in [0.4, 0.5) is 5.69 Å². The zero-order chi connectivity index (χ0) is 12.1. The summed E-state index contributed by atoms with van der Waals surface area (Å²) in [5.41, 5.74) is 5.90. The Morgan fingerprint density at radius 1 is 1.56 bits per heavy atom. The van der Waals surface area contributed by atoms with Gasteiger partial charge in [0.05, 0.1) is 18.3 Å². The number of halogens is 1. The number of amides is 1. The average Bonchev–Trinajstić information content (AvgIpc) is 2.26. The molecule has 1 amide bonds. The normalized spacial score (nSPS) is 12.2. The molecule has 1 atom stereocenters. The first kappa shape index (κ1) is 12.8. The minimum Gasteiger partial charge on any atom is -0.394 e. The van der Waals surface area contributed by atoms with Crippen LogP contribution in [0.1, 0.15) is 10.4 Å². The Morgan fingerprint density at radius 3 is 2.81 bits per heavy atom. The second-order valence-corrected chi connectivity index (χ2v) is 3.71. The van der Waals surface area contributed by atoms with Crippen LogP contribution >= 0.6 is 11.6 Å². The van der Waals surface area contributed by atoms with Gasteiger partial charge >= 0.3 is 0 Å². The number of aliphatic hydroxyl groups excluding tert-OH is 2. The number of benzene rings is 1. The van der Waals surface area contributed by atoms with Crippen LogP contribution in [-0.4, -0.2) is 35.4 Å². The Labute approximate surface area is 97.8 Å². The van der Waals surface area contributed by atoms with Crippen molar-refractivity contribution in [2.45, 2.75) is 6.10 Å². The van der Waals surface area contributed by atoms with E-state index in [0.717, 1.165) is 0 Å². The van der Waals surface area contributed by atoms with E-state index in [4.69, 9.17) is 27.5 Å². The van der Waals surface area contributed by atoms with Crippen LogP contribution in [0.25, 0.3) is 0 Å². The number of hydrogen-bond acceptors (Lipinski definition) is 4. The Bertz CT molecular complexity index is 384. The second-order valence-electron chi connectivity index (χ2n) is 3.27. The van der Waals surface area contributed by atoms with Crippen molar-refractivity contribution in [3.8, 4) is 0 Å². The molecule has 1 aromatic carbocycles. The minimum absolute atomic E-state index is 0.123. The van der Waals surface area contributed by atoms with Crippen LogP contribution in [0.3, 0.4) is 0 Å². The molecule has 88 valence electrons. The van der Waals surface area contributed by atoms with E-state index in [9.17, 15) is 4.79 Å². The number of carbonyl (C=O) groups excluding carboxylic acids is 1. The molecule has 0 aliphatic carbocycles. The van der Waals surface area contributed by atoms with Crippen molar-refractivity contribution in [2.24, 2.45) is 5.73 Å². The van der Waals surface area contributed by atoms with Crippen molar-refractivity contribution in [3.05, 3.63) is 28.8 Å². The van der Waals surface area contributed by atoms with Crippen LogP contribution in [0.2, 0.25) is 5.02 Å². The van der Waals surface area contributed by atoms with E-state index in [0.29, 0.717) is 10.7 Å². The Balaban J connectivity index is 2.82. The van der Waals surface area contributed by atoms with Gasteiger partial charge in [-0.3, -0.25) is 4.79 Å². The average molecular weight is 245 g/mol. The second kappa shape index (κ2) is 5.69. The van der Waals surface area contributed by atoms with Gasteiger partial charge in [-0.1, -0.05) is 11.6 Å². The first-order valence-electron chi connectivity index (χ1n) is 4.66. The maximum atomic E-state index is 11.1. The van der Waals surface area contributed by atoms with Crippen LogP contribution in [0.5, 0.6) is 0 Å². The quantitative estimate of drug-likeness (QED) is 0.595. The molecule has 16 heavy (non-hydrogen) atoms. The fourth-order valence-corrected chi connectivity index (χ4v) is 1.34. The Hall–Kier alpha value is -1.30. The lowest BCUT2D eigenvalue weighted by Crippen LogP contribution is -2.24. The van der Waals surface area contributed by atoms with Gasteiger partial charge in [-0.15, -0.1) is 0 Å². The monoisotopic (exact) mass is 244 g/mol. The fraction of sp³-hybridized carbons (Fsp3) is 0.300. The third-order valence-electron chi connectivity index (χ3n) is 1.99. The van der Waals surface area contributed by atoms with Crippen molar-refractivity contribution in [3.63, 3.8) is 0 Å². The van der Waals surface area contributed by atoms with Gasteiger partial charge in [0.1, 0.15) is 0 Å². The van der Waals surface area contributed by atoms with Crippen LogP contribution in [-0.2, 0) is 0 Å². The smallest absolute Gasteiger partial charge is 0.250 e. The molecular formula is C10H13ClN2O3. The number of nitrogens with two attached hydrogens (primary N) is 1. The number of nitrogens with one attached hydrogen (secondary N) is 1. The summed E-state index contributed by atoms with van der Waals surface area (Å²) >= 11 is 5.73. The van der Waals surface area contributed by atoms with Gasteiger partial charge in [0.25, 0.3) is 5.91 Å². The predicted octanol–water partition coefficient (Wildman–Crippen LogP) is 0.204. The largest absolute Gasteiger partial charge is 0.394 e. The van der Waals surface area contributed by atoms with Crippen molar-refractivity contribution < 1.29 is 15.0 Å². The molecule has 5 nitrogen and oxygen atoms in total. The first-order chi connectivity index (χ1) is 7.54. The summed E-state index contributed by atoms with van der Waals surface area (Å²) in [5.74, 6) is -0.608. The highest BCUT2D eigenvalue weighted by atomic mass is 35.5. The predicted molar refractivity (Wildman–Crippen MR) is 61.6 cm³/mol. The van der Waals surface area contributed by atoms with E-state index in [1.807, 2.05) is 0 Å². The van der Waals surface area contributed by atoms with E-state index >= 15 is 0 Å². The van der Waals surface area contributed by atoms with E-state index in [-0.39, 0.29) is 18.7 Å². The molecule has 0 fully saturated rings. The molecule has 0 saturated heterocycles. The number of hydrogen-bond donors (Lipinski definition) is 4. The van der Waals surface area contributed by atoms with Crippen LogP contribution in [0.15, 0.2) is 18.2 Å². The zero-order valence-electron chi connectivity index (χ0n) is 8.48. The molecule has 0 bridgehead atoms. The van der Waals surface area contributed by atoms with Gasteiger partial charge in [0.2, 0.25) is 0 Å². The zero-order valence-corrected chi connectivity index (χ0v) is 9.24. The number of rotatable bonds is 5. The highest BCUT2D eigenvalue weighted by Crippen LogP contribution is 2.20. The molecule has 0 heterocycles. The van der Waals surface area contributed by atoms with Gasteiger partial charge in [-0.05, 0) is 18.2 Å². The highest BCUT2D eigenvalue weighted by molar-refractivity contribution is 6.31. The summed E-state index contributed by atoms with van der Waals surface area (Å²) in [4.78, 5) is 11.1. The fourth-order valence-electron chi connectivity index (χ4n) is 1.17. The molecule has 1 unspecified atom stereocenters. The summed E-state index contributed by atoms with van der Waals surface area (Å²) in [6.45, 7) is -0.231. The molecule has 0 aliphatic heterocycles. The highest BCUT2D eigenvalue weighted by Gasteiger charge is 2.10. The van der Waals surface area contributed by atoms with Crippen molar-refractivity contribution in [2.75, 3.05) is 18.5 Å². The SMILES string of the molecule is NC(=O)c1cc(Cl)ccc1NCC(O)CO. The lowest BCUT2D eigenvalue weighted by Gasteiger charge is -2.12. The van der Waals surface area contributed by atoms with Gasteiger partial charge in [0.15, 0.2) is 0 Å². The van der Waals surface area contributed by atoms with E-state index < -0.39 is 12.0 Å². The van der Waals surface area contributed by atoms with Crippen molar-refractivity contribution >= 4 is 23.2 Å². The third kappa shape index (κ3) is 3.37. The minimum atomic E-state index is -0.892. The summed E-state index contributed by atoms with van der Waals surface area (Å²) < 4.78 is 0. The van der Waals surface area contributed by atoms with Gasteiger partial charge in [0, 0.05) is 17.3 Å². The molecule has 0 spiro atoms. The summed E-state index contributed by atoms with van der Waals surface area (Å²) in [7, 11) is 0. The molecule has 0 aromatic heterocycles. The third-order valence-corrected chi connectivity index (χ3v) is 2.22. The van der Waals surface area contributed by atoms with Crippen molar-refractivity contribution in [1.82, 2.24) is 0 Å². The number of aliphatic hydroxyl groups is 2. The van der Waals surface area contributed by atoms with Crippen molar-refractivity contribution in [1.29, 1.82) is 0 Å². The topological polar surface area (TPSA) is 95.6 Å². The molecule has 0 radical (unpaired) electrons. The van der Waals surface area contributed by atoms with E-state index in [2.05, 4.69) is 5.32 Å². The lowest BCUT2D eigenvalue weighted by molar-refractivity contribution is 0.0999. The standard InChI is InChI=1S/C10H13ClN2O3/c11-6-1-2-9(8(3-6)10(12)16)13-4-7(15)5-14/h1-3,7,13-15H,4-5H2,(H2,12,16). The van der Waals surface area contributed by atoms with E-state index in [1.165, 1.54) is 6.07 Å². The summed E-state index contributed by atoms with van der Waals surface area (Å²) in [6, 6.07) is 4.63. The van der Waals surface area contributed by atoms with Gasteiger partial charge in [-0.25, -0.2) is 0 Å². The number of primary amides is 1. The van der Waals surface area contributed by atoms with Gasteiger partial charge in [-0.2, -0.15) is 0 Å². The van der Waals surface area contributed by atoms with E-state index in [1.54, 1.807) is 12.1 Å². The Morgan fingerprint density at radius 2 is 2.25 bits per heavy atom. The molecule has 1 rings (SSSR count). The van der Waals surface area contributed by atoms with Crippen LogP contribution < -0.4 is 11.1 Å². The summed E-state index contributed by atoms with van der Waals surface area (Å²) in [6.07, 6.45) is -0.892. The summed E-state index contributed by atoms with van der Waals surface area (Å²) in [5, 5.41) is 21.0. The molecule has 0 aliphatic rings. The molecule has 5 N–H and O–H groups in total. The Kier molecular flexibility index (Phi) is 4.54. The molecule has 0 saturated carbocycles. The molecular weight excluding hydrogens is 232 g/mol. The number of anilines is 1.